The van der Waals surface area contributed by atoms with E-state index >= 15 is 0 Å². The summed E-state index contributed by atoms with van der Waals surface area (Å²) in [5.41, 5.74) is -0.486. The van der Waals surface area contributed by atoms with Crippen LogP contribution in [0.2, 0.25) is 0 Å². The van der Waals surface area contributed by atoms with Gasteiger partial charge in [-0.1, -0.05) is 26.0 Å². The van der Waals surface area contributed by atoms with Gasteiger partial charge in [-0.2, -0.15) is 0 Å². The second-order valence-electron chi connectivity index (χ2n) is 7.40. The van der Waals surface area contributed by atoms with Gasteiger partial charge in [-0.25, -0.2) is 4.79 Å². The molecule has 1 N–H and O–H groups in total. The molecule has 5 heteroatoms. The third-order valence-corrected chi connectivity index (χ3v) is 3.31. The summed E-state index contributed by atoms with van der Waals surface area (Å²) < 4.78 is 16.7. The summed E-state index contributed by atoms with van der Waals surface area (Å²) in [5.74, 6) is 0.570. The van der Waals surface area contributed by atoms with Crippen molar-refractivity contribution in [3.8, 4) is 0 Å². The lowest BCUT2D eigenvalue weighted by atomic mass is 10.1. The molecule has 2 atom stereocenters. The molecule has 1 rings (SSSR count). The summed E-state index contributed by atoms with van der Waals surface area (Å²) in [6.07, 6.45) is 6.93. The fourth-order valence-corrected chi connectivity index (χ4v) is 2.16. The molecule has 0 radical (unpaired) electrons. The maximum Gasteiger partial charge on any atom is 0.407 e. The molecule has 1 fully saturated rings. The van der Waals surface area contributed by atoms with Gasteiger partial charge in [0.05, 0.1) is 6.61 Å². The standard InChI is InChI=1S/C18H33NO4/c1-14(2)9-10-15(12-19-17(20)23-18(3,4)5)13-22-16-8-6-7-11-21-16/h9-10,14-16H,6-8,11-13H2,1-5H3,(H,19,20)/b10-9+/t15-,16?/m1/s1. The Kier molecular flexibility index (Phi) is 8.63. The first-order chi connectivity index (χ1) is 10.8. The molecule has 1 saturated heterocycles. The molecule has 1 aliphatic heterocycles. The number of hydrogen-bond donors (Lipinski definition) is 1. The highest BCUT2D eigenvalue weighted by atomic mass is 16.7. The molecule has 0 bridgehead atoms. The van der Waals surface area contributed by atoms with Crippen LogP contribution in [0.5, 0.6) is 0 Å². The van der Waals surface area contributed by atoms with Crippen LogP contribution in [0, 0.1) is 11.8 Å². The molecule has 0 aliphatic carbocycles. The van der Waals surface area contributed by atoms with Crippen molar-refractivity contribution < 1.29 is 19.0 Å². The molecular weight excluding hydrogens is 294 g/mol. The lowest BCUT2D eigenvalue weighted by Gasteiger charge is -2.25. The van der Waals surface area contributed by atoms with E-state index in [1.807, 2.05) is 20.8 Å². The minimum atomic E-state index is -0.486. The molecule has 1 amide bonds. The van der Waals surface area contributed by atoms with E-state index in [1.54, 1.807) is 0 Å². The number of carbonyl (C=O) groups is 1. The maximum absolute atomic E-state index is 11.8. The van der Waals surface area contributed by atoms with Gasteiger partial charge in [0.1, 0.15) is 5.60 Å². The normalized spacial score (nSPS) is 20.7. The van der Waals surface area contributed by atoms with Crippen molar-refractivity contribution in [2.45, 2.75) is 65.8 Å². The van der Waals surface area contributed by atoms with Gasteiger partial charge in [0, 0.05) is 19.1 Å². The van der Waals surface area contributed by atoms with Crippen LogP contribution in [0.25, 0.3) is 0 Å². The zero-order chi connectivity index (χ0) is 17.3. The minimum absolute atomic E-state index is 0.107. The molecule has 23 heavy (non-hydrogen) atoms. The van der Waals surface area contributed by atoms with E-state index in [2.05, 4.69) is 31.3 Å². The van der Waals surface area contributed by atoms with Gasteiger partial charge in [0.15, 0.2) is 6.29 Å². The molecule has 0 aromatic rings. The van der Waals surface area contributed by atoms with Gasteiger partial charge in [0.2, 0.25) is 0 Å². The number of allylic oxidation sites excluding steroid dienone is 1. The van der Waals surface area contributed by atoms with Gasteiger partial charge in [-0.3, -0.25) is 0 Å². The first kappa shape index (κ1) is 20.0. The van der Waals surface area contributed by atoms with Crippen LogP contribution in [-0.2, 0) is 14.2 Å². The van der Waals surface area contributed by atoms with Crippen LogP contribution < -0.4 is 5.32 Å². The monoisotopic (exact) mass is 327 g/mol. The van der Waals surface area contributed by atoms with Crippen molar-refractivity contribution in [3.63, 3.8) is 0 Å². The zero-order valence-corrected chi connectivity index (χ0v) is 15.3. The average molecular weight is 327 g/mol. The Morgan fingerprint density at radius 3 is 2.61 bits per heavy atom. The number of carbonyl (C=O) groups excluding carboxylic acids is 1. The number of amides is 1. The maximum atomic E-state index is 11.8. The Labute approximate surface area is 140 Å². The number of rotatable bonds is 7. The topological polar surface area (TPSA) is 56.8 Å². The van der Waals surface area contributed by atoms with Gasteiger partial charge in [0.25, 0.3) is 0 Å². The van der Waals surface area contributed by atoms with Crippen molar-refractivity contribution in [3.05, 3.63) is 12.2 Å². The van der Waals surface area contributed by atoms with E-state index in [4.69, 9.17) is 14.2 Å². The summed E-state index contributed by atoms with van der Waals surface area (Å²) in [4.78, 5) is 11.8. The van der Waals surface area contributed by atoms with E-state index in [-0.39, 0.29) is 12.2 Å². The third kappa shape index (κ3) is 10.3. The van der Waals surface area contributed by atoms with Crippen LogP contribution in [-0.4, -0.2) is 37.7 Å². The summed E-state index contributed by atoms with van der Waals surface area (Å²) in [6, 6.07) is 0. The molecule has 0 spiro atoms. The van der Waals surface area contributed by atoms with Crippen LogP contribution in [0.3, 0.4) is 0 Å². The zero-order valence-electron chi connectivity index (χ0n) is 15.3. The van der Waals surface area contributed by atoms with Gasteiger partial charge >= 0.3 is 6.09 Å². The van der Waals surface area contributed by atoms with E-state index in [9.17, 15) is 4.79 Å². The quantitative estimate of drug-likeness (QED) is 0.721. The number of ether oxygens (including phenoxy) is 3. The van der Waals surface area contributed by atoms with E-state index in [0.29, 0.717) is 19.1 Å². The van der Waals surface area contributed by atoms with Crippen LogP contribution >= 0.6 is 0 Å². The number of hydrogen-bond acceptors (Lipinski definition) is 4. The molecule has 0 aromatic carbocycles. The molecule has 0 saturated carbocycles. The smallest absolute Gasteiger partial charge is 0.407 e. The van der Waals surface area contributed by atoms with Gasteiger partial charge < -0.3 is 19.5 Å². The molecule has 134 valence electrons. The second kappa shape index (κ2) is 9.93. The van der Waals surface area contributed by atoms with Crippen LogP contribution in [0.15, 0.2) is 12.2 Å². The van der Waals surface area contributed by atoms with Gasteiger partial charge in [-0.05, 0) is 46.0 Å². The SMILES string of the molecule is CC(C)/C=C/[C@H](CNC(=O)OC(C)(C)C)COC1CCCCO1. The van der Waals surface area contributed by atoms with Crippen molar-refractivity contribution in [2.24, 2.45) is 11.8 Å². The average Bonchev–Trinajstić information content (AvgIpc) is 2.45. The lowest BCUT2D eigenvalue weighted by molar-refractivity contribution is -0.166. The predicted octanol–water partition coefficient (Wildman–Crippen LogP) is 3.88. The molecular formula is C18H33NO4. The molecule has 5 nitrogen and oxygen atoms in total. The molecule has 1 heterocycles. The van der Waals surface area contributed by atoms with E-state index in [1.165, 1.54) is 0 Å². The van der Waals surface area contributed by atoms with Crippen molar-refractivity contribution >= 4 is 6.09 Å². The Balaban J connectivity index is 2.42. The van der Waals surface area contributed by atoms with E-state index in [0.717, 1.165) is 25.9 Å². The highest BCUT2D eigenvalue weighted by molar-refractivity contribution is 5.67. The lowest BCUT2D eigenvalue weighted by Crippen LogP contribution is -2.36. The van der Waals surface area contributed by atoms with Crippen LogP contribution in [0.1, 0.15) is 53.9 Å². The predicted molar refractivity (Wildman–Crippen MR) is 91.2 cm³/mol. The largest absolute Gasteiger partial charge is 0.444 e. The Morgan fingerprint density at radius 1 is 1.30 bits per heavy atom. The van der Waals surface area contributed by atoms with Crippen molar-refractivity contribution in [1.29, 1.82) is 0 Å². The fraction of sp³-hybridized carbons (Fsp3) is 0.833. The van der Waals surface area contributed by atoms with Crippen molar-refractivity contribution in [2.75, 3.05) is 19.8 Å². The summed E-state index contributed by atoms with van der Waals surface area (Å²) in [7, 11) is 0. The summed E-state index contributed by atoms with van der Waals surface area (Å²) in [5, 5.41) is 2.82. The Hall–Kier alpha value is -1.07. The Morgan fingerprint density at radius 2 is 2.04 bits per heavy atom. The molecule has 0 aromatic heterocycles. The number of alkyl carbamates (subject to hydrolysis) is 1. The van der Waals surface area contributed by atoms with Crippen LogP contribution in [0.4, 0.5) is 4.79 Å². The third-order valence-electron chi connectivity index (χ3n) is 3.31. The summed E-state index contributed by atoms with van der Waals surface area (Å²) >= 11 is 0. The Bertz CT molecular complexity index is 368. The van der Waals surface area contributed by atoms with Crippen molar-refractivity contribution in [1.82, 2.24) is 5.32 Å². The minimum Gasteiger partial charge on any atom is -0.444 e. The molecule has 1 aliphatic rings. The highest BCUT2D eigenvalue weighted by Gasteiger charge is 2.19. The first-order valence-corrected chi connectivity index (χ1v) is 8.64. The summed E-state index contributed by atoms with van der Waals surface area (Å²) in [6.45, 7) is 11.6. The first-order valence-electron chi connectivity index (χ1n) is 8.64. The van der Waals surface area contributed by atoms with E-state index < -0.39 is 11.7 Å². The highest BCUT2D eigenvalue weighted by Crippen LogP contribution is 2.15. The molecule has 1 unspecified atom stereocenters. The second-order valence-corrected chi connectivity index (χ2v) is 7.40. The van der Waals surface area contributed by atoms with Gasteiger partial charge in [-0.15, -0.1) is 0 Å². The fourth-order valence-electron chi connectivity index (χ4n) is 2.16. The number of nitrogens with one attached hydrogen (secondary N) is 1.